The van der Waals surface area contributed by atoms with Crippen molar-refractivity contribution in [2.24, 2.45) is 0 Å². The third-order valence-corrected chi connectivity index (χ3v) is 9.12. The molecule has 0 radical (unpaired) electrons. The molecule has 0 bridgehead atoms. The third kappa shape index (κ3) is 8.46. The second kappa shape index (κ2) is 14.8. The number of rotatable bonds is 13. The molecular formula is C33H33ClN4O6S. The lowest BCUT2D eigenvalue weighted by molar-refractivity contribution is -0.384. The van der Waals surface area contributed by atoms with Crippen LogP contribution >= 0.6 is 11.6 Å². The van der Waals surface area contributed by atoms with Gasteiger partial charge in [-0.3, -0.25) is 24.0 Å². The zero-order chi connectivity index (χ0) is 32.6. The molecule has 4 aromatic rings. The summed E-state index contributed by atoms with van der Waals surface area (Å²) >= 11 is 6.50. The van der Waals surface area contributed by atoms with E-state index < -0.39 is 39.3 Å². The molecule has 45 heavy (non-hydrogen) atoms. The van der Waals surface area contributed by atoms with Crippen molar-refractivity contribution in [2.45, 2.75) is 43.8 Å². The first-order valence-electron chi connectivity index (χ1n) is 14.2. The Balaban J connectivity index is 1.82. The Morgan fingerprint density at radius 2 is 1.44 bits per heavy atom. The van der Waals surface area contributed by atoms with Crippen LogP contribution in [0.4, 0.5) is 11.4 Å². The molecule has 1 atom stereocenters. The second-order valence-corrected chi connectivity index (χ2v) is 12.8. The molecule has 0 aliphatic heterocycles. The molecule has 0 saturated heterocycles. The summed E-state index contributed by atoms with van der Waals surface area (Å²) in [4.78, 5) is 40.1. The average Bonchev–Trinajstić information content (AvgIpc) is 3.02. The SMILES string of the molecule is CC(C)NC(=O)C(Cc1ccccc1)N(Cc1ccccc1Cl)C(=O)CN(c1ccc([N+](=O)[O-])cc1)S(=O)(=O)c1ccccc1. The predicted molar refractivity (Wildman–Crippen MR) is 173 cm³/mol. The fourth-order valence-electron chi connectivity index (χ4n) is 4.73. The predicted octanol–water partition coefficient (Wildman–Crippen LogP) is 5.61. The number of sulfonamides is 1. The lowest BCUT2D eigenvalue weighted by Gasteiger charge is -2.34. The maximum absolute atomic E-state index is 14.4. The van der Waals surface area contributed by atoms with Crippen LogP contribution in [-0.2, 0) is 32.6 Å². The van der Waals surface area contributed by atoms with Crippen LogP contribution in [0.5, 0.6) is 0 Å². The van der Waals surface area contributed by atoms with Crippen LogP contribution in [0.15, 0.2) is 114 Å². The summed E-state index contributed by atoms with van der Waals surface area (Å²) in [6.45, 7) is 2.83. The normalized spacial score (nSPS) is 11.9. The Morgan fingerprint density at radius 1 is 0.867 bits per heavy atom. The number of nitro benzene ring substituents is 1. The Bertz CT molecular complexity index is 1740. The zero-order valence-electron chi connectivity index (χ0n) is 24.7. The number of amides is 2. The van der Waals surface area contributed by atoms with Crippen molar-refractivity contribution in [3.63, 3.8) is 0 Å². The van der Waals surface area contributed by atoms with Crippen LogP contribution in [0.3, 0.4) is 0 Å². The number of hydrogen-bond donors (Lipinski definition) is 1. The second-order valence-electron chi connectivity index (χ2n) is 10.6. The molecule has 0 saturated carbocycles. The van der Waals surface area contributed by atoms with Crippen molar-refractivity contribution in [3.8, 4) is 0 Å². The van der Waals surface area contributed by atoms with E-state index in [0.29, 0.717) is 10.6 Å². The zero-order valence-corrected chi connectivity index (χ0v) is 26.3. The number of anilines is 1. The van der Waals surface area contributed by atoms with Gasteiger partial charge in [0, 0.05) is 36.2 Å². The van der Waals surface area contributed by atoms with E-state index in [2.05, 4.69) is 5.32 Å². The van der Waals surface area contributed by atoms with Crippen molar-refractivity contribution in [1.29, 1.82) is 0 Å². The first-order valence-corrected chi connectivity index (χ1v) is 16.0. The van der Waals surface area contributed by atoms with Crippen LogP contribution in [0.1, 0.15) is 25.0 Å². The van der Waals surface area contributed by atoms with Crippen LogP contribution in [0, 0.1) is 10.1 Å². The van der Waals surface area contributed by atoms with Gasteiger partial charge >= 0.3 is 0 Å². The van der Waals surface area contributed by atoms with Gasteiger partial charge in [-0.15, -0.1) is 0 Å². The minimum absolute atomic E-state index is 0.0433. The minimum Gasteiger partial charge on any atom is -0.352 e. The highest BCUT2D eigenvalue weighted by Gasteiger charge is 2.35. The Kier molecular flexibility index (Phi) is 10.9. The highest BCUT2D eigenvalue weighted by atomic mass is 35.5. The standard InChI is InChI=1S/C33H33ClN4O6S/c1-24(2)35-33(40)31(21-25-11-5-3-6-12-25)36(22-26-13-9-10-16-30(26)34)32(39)23-37(27-17-19-28(20-18-27)38(41)42)45(43,44)29-14-7-4-8-15-29/h3-20,24,31H,21-23H2,1-2H3,(H,35,40). The molecule has 234 valence electrons. The van der Waals surface area contributed by atoms with E-state index in [1.807, 2.05) is 30.3 Å². The molecule has 4 aromatic carbocycles. The Morgan fingerprint density at radius 3 is 2.02 bits per heavy atom. The fraction of sp³-hybridized carbons (Fsp3) is 0.212. The number of halogens is 1. The lowest BCUT2D eigenvalue weighted by Crippen LogP contribution is -2.54. The molecule has 0 heterocycles. The van der Waals surface area contributed by atoms with E-state index in [4.69, 9.17) is 11.6 Å². The van der Waals surface area contributed by atoms with E-state index in [1.165, 1.54) is 41.3 Å². The lowest BCUT2D eigenvalue weighted by atomic mass is 10.0. The summed E-state index contributed by atoms with van der Waals surface area (Å²) in [5, 5.41) is 14.6. The molecule has 10 nitrogen and oxygen atoms in total. The molecule has 0 aliphatic rings. The van der Waals surface area contributed by atoms with Gasteiger partial charge in [-0.2, -0.15) is 0 Å². The topological polar surface area (TPSA) is 130 Å². The first kappa shape index (κ1) is 33.2. The maximum atomic E-state index is 14.4. The Labute approximate surface area is 267 Å². The van der Waals surface area contributed by atoms with Crippen molar-refractivity contribution >= 4 is 44.8 Å². The van der Waals surface area contributed by atoms with Gasteiger partial charge in [0.05, 0.1) is 15.5 Å². The number of benzene rings is 4. The van der Waals surface area contributed by atoms with Gasteiger partial charge < -0.3 is 10.2 Å². The van der Waals surface area contributed by atoms with Crippen molar-refractivity contribution < 1.29 is 22.9 Å². The number of nitro groups is 1. The largest absolute Gasteiger partial charge is 0.352 e. The molecule has 0 fully saturated rings. The van der Waals surface area contributed by atoms with Gasteiger partial charge in [0.25, 0.3) is 15.7 Å². The van der Waals surface area contributed by atoms with Crippen LogP contribution in [0.2, 0.25) is 5.02 Å². The van der Waals surface area contributed by atoms with Crippen LogP contribution in [0.25, 0.3) is 0 Å². The molecule has 1 unspecified atom stereocenters. The molecule has 0 aromatic heterocycles. The van der Waals surface area contributed by atoms with Gasteiger partial charge in [-0.25, -0.2) is 8.42 Å². The summed E-state index contributed by atoms with van der Waals surface area (Å²) in [6, 6.07) is 27.3. The molecular weight excluding hydrogens is 616 g/mol. The number of non-ortho nitro benzene ring substituents is 1. The molecule has 4 rings (SSSR count). The van der Waals surface area contributed by atoms with Gasteiger partial charge in [-0.1, -0.05) is 78.3 Å². The van der Waals surface area contributed by atoms with E-state index in [-0.39, 0.29) is 35.3 Å². The summed E-state index contributed by atoms with van der Waals surface area (Å²) in [6.07, 6.45) is 0.151. The number of nitrogens with zero attached hydrogens (tertiary/aromatic N) is 3. The average molecular weight is 649 g/mol. The highest BCUT2D eigenvalue weighted by molar-refractivity contribution is 7.92. The summed E-state index contributed by atoms with van der Waals surface area (Å²) in [5.74, 6) is -1.09. The van der Waals surface area contributed by atoms with Gasteiger partial charge in [-0.05, 0) is 55.3 Å². The number of hydrogen-bond acceptors (Lipinski definition) is 6. The van der Waals surface area contributed by atoms with Gasteiger partial charge in [0.15, 0.2) is 0 Å². The monoisotopic (exact) mass is 648 g/mol. The van der Waals surface area contributed by atoms with E-state index >= 15 is 0 Å². The molecule has 0 aliphatic carbocycles. The van der Waals surface area contributed by atoms with Crippen molar-refractivity contribution in [2.75, 3.05) is 10.8 Å². The van der Waals surface area contributed by atoms with E-state index in [1.54, 1.807) is 56.3 Å². The van der Waals surface area contributed by atoms with Gasteiger partial charge in [0.1, 0.15) is 12.6 Å². The van der Waals surface area contributed by atoms with Gasteiger partial charge in [0.2, 0.25) is 11.8 Å². The summed E-state index contributed by atoms with van der Waals surface area (Å²) < 4.78 is 28.9. The molecule has 12 heteroatoms. The Hall–Kier alpha value is -4.74. The third-order valence-electron chi connectivity index (χ3n) is 6.96. The fourth-order valence-corrected chi connectivity index (χ4v) is 6.36. The van der Waals surface area contributed by atoms with E-state index in [9.17, 15) is 28.1 Å². The van der Waals surface area contributed by atoms with Crippen molar-refractivity contribution in [3.05, 3.63) is 135 Å². The number of carbonyl (C=O) groups is 2. The van der Waals surface area contributed by atoms with Crippen LogP contribution in [-0.4, -0.2) is 48.7 Å². The maximum Gasteiger partial charge on any atom is 0.269 e. The van der Waals surface area contributed by atoms with E-state index in [0.717, 1.165) is 9.87 Å². The summed E-state index contributed by atoms with van der Waals surface area (Å²) in [7, 11) is -4.33. The minimum atomic E-state index is -4.33. The van der Waals surface area contributed by atoms with Crippen LogP contribution < -0.4 is 9.62 Å². The number of carbonyl (C=O) groups excluding carboxylic acids is 2. The smallest absolute Gasteiger partial charge is 0.269 e. The number of nitrogens with one attached hydrogen (secondary N) is 1. The molecule has 2 amide bonds. The molecule has 1 N–H and O–H groups in total. The molecule has 0 spiro atoms. The highest BCUT2D eigenvalue weighted by Crippen LogP contribution is 2.27. The first-order chi connectivity index (χ1) is 21.5. The quantitative estimate of drug-likeness (QED) is 0.148. The summed E-state index contributed by atoms with van der Waals surface area (Å²) in [5.41, 5.74) is 1.16. The van der Waals surface area contributed by atoms with Crippen molar-refractivity contribution in [1.82, 2.24) is 10.2 Å².